The predicted molar refractivity (Wildman–Crippen MR) is 79.1 cm³/mol. The Kier molecular flexibility index (Phi) is 5.82. The van der Waals surface area contributed by atoms with Gasteiger partial charge in [0.15, 0.2) is 0 Å². The van der Waals surface area contributed by atoms with Crippen LogP contribution in [0.15, 0.2) is 18.2 Å². The van der Waals surface area contributed by atoms with E-state index < -0.39 is 0 Å². The van der Waals surface area contributed by atoms with E-state index in [2.05, 4.69) is 10.6 Å². The van der Waals surface area contributed by atoms with Gasteiger partial charge in [0.2, 0.25) is 0 Å². The minimum absolute atomic E-state index is 0.361. The van der Waals surface area contributed by atoms with Crippen LogP contribution in [0.3, 0.4) is 0 Å². The number of hydrogen-bond acceptors (Lipinski definition) is 3. The molecule has 0 heterocycles. The Bertz CT molecular complexity index is 459. The number of nitrogens with zero attached hydrogens (tertiary/aromatic N) is 1. The molecule has 0 spiro atoms. The third kappa shape index (κ3) is 4.50. The summed E-state index contributed by atoms with van der Waals surface area (Å²) in [5.74, 6) is -0.372. The van der Waals surface area contributed by atoms with Crippen molar-refractivity contribution in [1.29, 1.82) is 5.26 Å². The van der Waals surface area contributed by atoms with E-state index in [0.717, 1.165) is 13.1 Å². The van der Waals surface area contributed by atoms with Gasteiger partial charge in [0, 0.05) is 19.1 Å². The van der Waals surface area contributed by atoms with Gasteiger partial charge in [-0.15, -0.1) is 0 Å². The summed E-state index contributed by atoms with van der Waals surface area (Å²) in [6, 6.07) is 6.91. The molecule has 1 aromatic carbocycles. The second kappa shape index (κ2) is 7.86. The lowest BCUT2D eigenvalue weighted by Crippen LogP contribution is -2.32. The van der Waals surface area contributed by atoms with Gasteiger partial charge in [-0.3, -0.25) is 0 Å². The van der Waals surface area contributed by atoms with Crippen molar-refractivity contribution < 1.29 is 4.39 Å². The number of nitriles is 1. The summed E-state index contributed by atoms with van der Waals surface area (Å²) in [7, 11) is 0. The molecule has 0 amide bonds. The van der Waals surface area contributed by atoms with Crippen molar-refractivity contribution in [3.8, 4) is 6.07 Å². The van der Waals surface area contributed by atoms with Crippen LogP contribution in [-0.4, -0.2) is 19.1 Å². The Morgan fingerprint density at radius 2 is 1.90 bits per heavy atom. The number of rotatable bonds is 5. The molecule has 0 bridgehead atoms. The van der Waals surface area contributed by atoms with Crippen LogP contribution in [0.4, 0.5) is 10.1 Å². The van der Waals surface area contributed by atoms with E-state index in [1.807, 2.05) is 6.07 Å². The average Bonchev–Trinajstić information content (AvgIpc) is 2.73. The first-order valence-electron chi connectivity index (χ1n) is 7.46. The molecule has 0 unspecified atom stereocenters. The molecule has 0 aromatic heterocycles. The number of anilines is 1. The Hall–Kier alpha value is -1.60. The minimum Gasteiger partial charge on any atom is -0.383 e. The van der Waals surface area contributed by atoms with Crippen LogP contribution in [0.25, 0.3) is 0 Å². The van der Waals surface area contributed by atoms with Gasteiger partial charge < -0.3 is 10.6 Å². The minimum atomic E-state index is -0.372. The maximum atomic E-state index is 13.0. The Labute approximate surface area is 120 Å². The van der Waals surface area contributed by atoms with Gasteiger partial charge in [-0.1, -0.05) is 25.7 Å². The van der Waals surface area contributed by atoms with Crippen molar-refractivity contribution >= 4 is 5.69 Å². The first-order chi connectivity index (χ1) is 9.79. The highest BCUT2D eigenvalue weighted by Crippen LogP contribution is 2.17. The van der Waals surface area contributed by atoms with Gasteiger partial charge in [-0.25, -0.2) is 4.39 Å². The van der Waals surface area contributed by atoms with Crippen molar-refractivity contribution in [1.82, 2.24) is 5.32 Å². The van der Waals surface area contributed by atoms with Gasteiger partial charge >= 0.3 is 0 Å². The zero-order chi connectivity index (χ0) is 14.2. The third-order valence-electron chi connectivity index (χ3n) is 3.83. The van der Waals surface area contributed by atoms with E-state index >= 15 is 0 Å². The quantitative estimate of drug-likeness (QED) is 0.639. The van der Waals surface area contributed by atoms with Gasteiger partial charge in [-0.05, 0) is 31.0 Å². The molecule has 0 saturated heterocycles. The summed E-state index contributed by atoms with van der Waals surface area (Å²) in [4.78, 5) is 0. The van der Waals surface area contributed by atoms with Crippen molar-refractivity contribution in [2.75, 3.05) is 18.4 Å². The Morgan fingerprint density at radius 1 is 1.15 bits per heavy atom. The normalized spacial score (nSPS) is 16.4. The van der Waals surface area contributed by atoms with Crippen LogP contribution in [0, 0.1) is 17.1 Å². The number of benzene rings is 1. The lowest BCUT2D eigenvalue weighted by Gasteiger charge is -2.16. The highest BCUT2D eigenvalue weighted by atomic mass is 19.1. The molecule has 4 heteroatoms. The largest absolute Gasteiger partial charge is 0.383 e. The maximum absolute atomic E-state index is 13.0. The van der Waals surface area contributed by atoms with E-state index in [9.17, 15) is 4.39 Å². The summed E-state index contributed by atoms with van der Waals surface area (Å²) in [6.07, 6.45) is 7.89. The first kappa shape index (κ1) is 14.8. The fourth-order valence-corrected chi connectivity index (χ4v) is 2.72. The molecule has 0 atom stereocenters. The summed E-state index contributed by atoms with van der Waals surface area (Å²) in [5, 5.41) is 15.7. The van der Waals surface area contributed by atoms with Crippen LogP contribution < -0.4 is 10.6 Å². The van der Waals surface area contributed by atoms with Crippen molar-refractivity contribution in [2.45, 2.75) is 44.6 Å². The number of halogens is 1. The Morgan fingerprint density at radius 3 is 2.60 bits per heavy atom. The molecule has 1 aliphatic rings. The maximum Gasteiger partial charge on any atom is 0.124 e. The number of hydrogen-bond donors (Lipinski definition) is 2. The molecular formula is C16H22FN3. The van der Waals surface area contributed by atoms with Crippen molar-refractivity contribution in [3.05, 3.63) is 29.6 Å². The third-order valence-corrected chi connectivity index (χ3v) is 3.83. The SMILES string of the molecule is N#Cc1cc(F)ccc1NCCNC1CCCCCC1. The van der Waals surface area contributed by atoms with Crippen LogP contribution in [0.1, 0.15) is 44.1 Å². The van der Waals surface area contributed by atoms with E-state index in [1.165, 1.54) is 50.7 Å². The summed E-state index contributed by atoms with van der Waals surface area (Å²) in [6.45, 7) is 1.61. The van der Waals surface area contributed by atoms with Crippen LogP contribution >= 0.6 is 0 Å². The average molecular weight is 275 g/mol. The van der Waals surface area contributed by atoms with E-state index in [4.69, 9.17) is 5.26 Å². The molecule has 1 saturated carbocycles. The zero-order valence-electron chi connectivity index (χ0n) is 11.8. The van der Waals surface area contributed by atoms with Gasteiger partial charge in [0.05, 0.1) is 11.3 Å². The number of nitrogens with one attached hydrogen (secondary N) is 2. The lowest BCUT2D eigenvalue weighted by molar-refractivity contribution is 0.468. The molecule has 1 fully saturated rings. The van der Waals surface area contributed by atoms with Crippen LogP contribution in [0.2, 0.25) is 0 Å². The van der Waals surface area contributed by atoms with Crippen LogP contribution in [-0.2, 0) is 0 Å². The van der Waals surface area contributed by atoms with E-state index in [-0.39, 0.29) is 5.82 Å². The zero-order valence-corrected chi connectivity index (χ0v) is 11.8. The molecule has 0 aliphatic heterocycles. The summed E-state index contributed by atoms with van der Waals surface area (Å²) in [5.41, 5.74) is 1.07. The molecule has 1 aliphatic carbocycles. The molecule has 3 nitrogen and oxygen atoms in total. The lowest BCUT2D eigenvalue weighted by atomic mass is 10.1. The standard InChI is InChI=1S/C16H22FN3/c17-14-7-8-16(13(11-14)12-18)20-10-9-19-15-5-3-1-2-4-6-15/h7-8,11,15,19-20H,1-6,9-10H2. The van der Waals surface area contributed by atoms with Crippen molar-refractivity contribution in [3.63, 3.8) is 0 Å². The second-order valence-corrected chi connectivity index (χ2v) is 5.37. The van der Waals surface area contributed by atoms with E-state index in [1.54, 1.807) is 6.07 Å². The van der Waals surface area contributed by atoms with E-state index in [0.29, 0.717) is 17.3 Å². The van der Waals surface area contributed by atoms with Crippen LogP contribution in [0.5, 0.6) is 0 Å². The predicted octanol–water partition coefficient (Wildman–Crippen LogP) is 3.42. The highest BCUT2D eigenvalue weighted by Gasteiger charge is 2.10. The van der Waals surface area contributed by atoms with Crippen molar-refractivity contribution in [2.24, 2.45) is 0 Å². The first-order valence-corrected chi connectivity index (χ1v) is 7.46. The van der Waals surface area contributed by atoms with Gasteiger partial charge in [0.25, 0.3) is 0 Å². The molecule has 108 valence electrons. The fourth-order valence-electron chi connectivity index (χ4n) is 2.72. The molecule has 20 heavy (non-hydrogen) atoms. The molecule has 2 rings (SSSR count). The second-order valence-electron chi connectivity index (χ2n) is 5.37. The molecule has 2 N–H and O–H groups in total. The van der Waals surface area contributed by atoms with Gasteiger partial charge in [-0.2, -0.15) is 5.26 Å². The fraction of sp³-hybridized carbons (Fsp3) is 0.562. The Balaban J connectivity index is 1.74. The smallest absolute Gasteiger partial charge is 0.124 e. The molecular weight excluding hydrogens is 253 g/mol. The summed E-state index contributed by atoms with van der Waals surface area (Å²) >= 11 is 0. The highest BCUT2D eigenvalue weighted by molar-refractivity contribution is 5.57. The molecule has 1 aromatic rings. The van der Waals surface area contributed by atoms with Gasteiger partial charge in [0.1, 0.15) is 11.9 Å². The molecule has 0 radical (unpaired) electrons. The topological polar surface area (TPSA) is 47.9 Å². The monoisotopic (exact) mass is 275 g/mol. The summed E-state index contributed by atoms with van der Waals surface area (Å²) < 4.78 is 13.0.